The van der Waals surface area contributed by atoms with Crippen LogP contribution >= 0.6 is 11.3 Å². The van der Waals surface area contributed by atoms with Gasteiger partial charge in [0.2, 0.25) is 6.10 Å². The molecule has 1 N–H and O–H groups in total. The van der Waals surface area contributed by atoms with Gasteiger partial charge in [0.15, 0.2) is 16.6 Å². The number of hydrogen-bond donors (Lipinski definition) is 1. The summed E-state index contributed by atoms with van der Waals surface area (Å²) in [6, 6.07) is 11.5. The number of benzene rings is 2. The fraction of sp³-hybridized carbons (Fsp3) is 0.263. The maximum Gasteiger partial charge on any atom is 0.271 e. The van der Waals surface area contributed by atoms with E-state index in [0.717, 1.165) is 15.8 Å². The predicted molar refractivity (Wildman–Crippen MR) is 98.7 cm³/mol. The van der Waals surface area contributed by atoms with Gasteiger partial charge in [-0.1, -0.05) is 29.5 Å². The first-order chi connectivity index (χ1) is 12.0. The van der Waals surface area contributed by atoms with Gasteiger partial charge in [0, 0.05) is 0 Å². The van der Waals surface area contributed by atoms with Gasteiger partial charge in [-0.05, 0) is 50.1 Å². The largest absolute Gasteiger partial charge is 0.482 e. The van der Waals surface area contributed by atoms with Gasteiger partial charge in [0.25, 0.3) is 5.91 Å². The van der Waals surface area contributed by atoms with Crippen molar-refractivity contribution in [1.82, 2.24) is 4.98 Å². The van der Waals surface area contributed by atoms with Crippen LogP contribution in [0.25, 0.3) is 10.2 Å². The monoisotopic (exact) mass is 354 g/mol. The number of nitrogens with zero attached hydrogens (tertiary/aromatic N) is 1. The van der Waals surface area contributed by atoms with Crippen LogP contribution in [-0.2, 0) is 4.79 Å². The summed E-state index contributed by atoms with van der Waals surface area (Å²) in [5, 5.41) is 3.45. The zero-order valence-corrected chi connectivity index (χ0v) is 15.0. The number of anilines is 1. The normalized spacial score (nSPS) is 19.0. The molecule has 2 heterocycles. The van der Waals surface area contributed by atoms with Crippen LogP contribution in [0.15, 0.2) is 36.4 Å². The zero-order chi connectivity index (χ0) is 17.6. The SMILES string of the molecule is Cc1cc(C)c2nc(NC(=O)C3Oc4ccccc4OC3C)sc2c1. The van der Waals surface area contributed by atoms with Crippen molar-refractivity contribution in [2.45, 2.75) is 33.0 Å². The third-order valence-corrected chi connectivity index (χ3v) is 5.08. The molecule has 5 nitrogen and oxygen atoms in total. The van der Waals surface area contributed by atoms with Gasteiger partial charge in [-0.15, -0.1) is 0 Å². The molecule has 0 aliphatic carbocycles. The molecular formula is C19H18N2O3S. The topological polar surface area (TPSA) is 60.5 Å². The third-order valence-electron chi connectivity index (χ3n) is 4.16. The summed E-state index contributed by atoms with van der Waals surface area (Å²) >= 11 is 1.47. The number of aromatic nitrogens is 1. The highest BCUT2D eigenvalue weighted by Gasteiger charge is 2.34. The van der Waals surface area contributed by atoms with E-state index < -0.39 is 6.10 Å². The number of ether oxygens (including phenoxy) is 2. The molecule has 0 spiro atoms. The van der Waals surface area contributed by atoms with E-state index in [1.54, 1.807) is 6.07 Å². The number of para-hydroxylation sites is 2. The van der Waals surface area contributed by atoms with E-state index >= 15 is 0 Å². The average Bonchev–Trinajstić information content (AvgIpc) is 2.96. The van der Waals surface area contributed by atoms with Crippen LogP contribution in [0.3, 0.4) is 0 Å². The molecular weight excluding hydrogens is 336 g/mol. The number of hydrogen-bond acceptors (Lipinski definition) is 5. The molecule has 6 heteroatoms. The Morgan fingerprint density at radius 2 is 1.88 bits per heavy atom. The molecule has 0 saturated carbocycles. The number of thiazole rings is 1. The lowest BCUT2D eigenvalue weighted by atomic mass is 10.1. The molecule has 2 atom stereocenters. The minimum atomic E-state index is -0.718. The van der Waals surface area contributed by atoms with E-state index in [2.05, 4.69) is 29.4 Å². The Labute approximate surface area is 149 Å². The van der Waals surface area contributed by atoms with Crippen molar-refractivity contribution in [1.29, 1.82) is 0 Å². The third kappa shape index (κ3) is 2.93. The molecule has 25 heavy (non-hydrogen) atoms. The first kappa shape index (κ1) is 15.9. The quantitative estimate of drug-likeness (QED) is 0.753. The first-order valence-corrected chi connectivity index (χ1v) is 8.94. The summed E-state index contributed by atoms with van der Waals surface area (Å²) in [5.74, 6) is 0.983. The summed E-state index contributed by atoms with van der Waals surface area (Å²) in [4.78, 5) is 17.2. The molecule has 1 amide bonds. The Hall–Kier alpha value is -2.60. The van der Waals surface area contributed by atoms with Crippen molar-refractivity contribution in [3.63, 3.8) is 0 Å². The second-order valence-corrected chi connectivity index (χ2v) is 7.28. The van der Waals surface area contributed by atoms with Gasteiger partial charge in [-0.2, -0.15) is 0 Å². The molecule has 0 bridgehead atoms. The van der Waals surface area contributed by atoms with Crippen molar-refractivity contribution < 1.29 is 14.3 Å². The fourth-order valence-corrected chi connectivity index (χ4v) is 4.05. The predicted octanol–water partition coefficient (Wildman–Crippen LogP) is 4.08. The Balaban J connectivity index is 1.57. The van der Waals surface area contributed by atoms with E-state index in [-0.39, 0.29) is 12.0 Å². The lowest BCUT2D eigenvalue weighted by Crippen LogP contribution is -2.46. The standard InChI is InChI=1S/C19H18N2O3S/c1-10-8-11(2)16-15(9-10)25-19(20-16)21-18(22)17-12(3)23-13-6-4-5-7-14(13)24-17/h4-9,12,17H,1-3H3,(H,20,21,22). The number of nitrogens with one attached hydrogen (secondary N) is 1. The maximum absolute atomic E-state index is 12.7. The van der Waals surface area contributed by atoms with Crippen molar-refractivity contribution in [2.24, 2.45) is 0 Å². The van der Waals surface area contributed by atoms with Crippen LogP contribution in [-0.4, -0.2) is 23.1 Å². The van der Waals surface area contributed by atoms with E-state index in [1.807, 2.05) is 32.0 Å². The van der Waals surface area contributed by atoms with Crippen LogP contribution in [0.1, 0.15) is 18.1 Å². The zero-order valence-electron chi connectivity index (χ0n) is 14.2. The highest BCUT2D eigenvalue weighted by Crippen LogP contribution is 2.34. The number of carbonyl (C=O) groups is 1. The van der Waals surface area contributed by atoms with E-state index in [0.29, 0.717) is 16.6 Å². The highest BCUT2D eigenvalue weighted by molar-refractivity contribution is 7.22. The van der Waals surface area contributed by atoms with Gasteiger partial charge < -0.3 is 9.47 Å². The minimum absolute atomic E-state index is 0.254. The van der Waals surface area contributed by atoms with Crippen LogP contribution < -0.4 is 14.8 Å². The molecule has 4 rings (SSSR count). The molecule has 1 aliphatic rings. The summed E-state index contributed by atoms with van der Waals surface area (Å²) in [7, 11) is 0. The number of rotatable bonds is 2. The van der Waals surface area contributed by atoms with Gasteiger partial charge >= 0.3 is 0 Å². The fourth-order valence-electron chi connectivity index (χ4n) is 3.01. The minimum Gasteiger partial charge on any atom is -0.482 e. The Morgan fingerprint density at radius 1 is 1.16 bits per heavy atom. The lowest BCUT2D eigenvalue weighted by molar-refractivity contribution is -0.128. The first-order valence-electron chi connectivity index (χ1n) is 8.12. The van der Waals surface area contributed by atoms with Gasteiger partial charge in [0.1, 0.15) is 6.10 Å². The summed E-state index contributed by atoms with van der Waals surface area (Å²) in [5.41, 5.74) is 3.21. The smallest absolute Gasteiger partial charge is 0.271 e. The number of amides is 1. The van der Waals surface area contributed by atoms with E-state index in [4.69, 9.17) is 9.47 Å². The van der Waals surface area contributed by atoms with Crippen molar-refractivity contribution >= 4 is 32.6 Å². The Morgan fingerprint density at radius 3 is 2.64 bits per heavy atom. The van der Waals surface area contributed by atoms with Crippen LogP contribution in [0.5, 0.6) is 11.5 Å². The molecule has 1 aliphatic heterocycles. The van der Waals surface area contributed by atoms with Crippen molar-refractivity contribution in [3.8, 4) is 11.5 Å². The molecule has 2 aromatic carbocycles. The van der Waals surface area contributed by atoms with Gasteiger partial charge in [-0.25, -0.2) is 4.98 Å². The molecule has 0 radical (unpaired) electrons. The maximum atomic E-state index is 12.7. The summed E-state index contributed by atoms with van der Waals surface area (Å²) in [6.45, 7) is 5.90. The Bertz CT molecular complexity index is 966. The Kier molecular flexibility index (Phi) is 3.84. The van der Waals surface area contributed by atoms with Crippen molar-refractivity contribution in [3.05, 3.63) is 47.5 Å². The number of fused-ring (bicyclic) bond motifs is 2. The van der Waals surface area contributed by atoms with Crippen molar-refractivity contribution in [2.75, 3.05) is 5.32 Å². The number of aryl methyl sites for hydroxylation is 2. The van der Waals surface area contributed by atoms with Crippen LogP contribution in [0, 0.1) is 13.8 Å². The van der Waals surface area contributed by atoms with E-state index in [1.165, 1.54) is 16.9 Å². The molecule has 0 saturated heterocycles. The molecule has 2 unspecified atom stereocenters. The molecule has 1 aromatic heterocycles. The van der Waals surface area contributed by atoms with Crippen LogP contribution in [0.2, 0.25) is 0 Å². The molecule has 128 valence electrons. The van der Waals surface area contributed by atoms with E-state index in [9.17, 15) is 4.79 Å². The lowest BCUT2D eigenvalue weighted by Gasteiger charge is -2.30. The highest BCUT2D eigenvalue weighted by atomic mass is 32.1. The summed E-state index contributed by atoms with van der Waals surface area (Å²) in [6.07, 6.45) is -1.10. The second kappa shape index (κ2) is 6.04. The summed E-state index contributed by atoms with van der Waals surface area (Å²) < 4.78 is 12.7. The van der Waals surface area contributed by atoms with Gasteiger partial charge in [0.05, 0.1) is 10.2 Å². The number of carbonyl (C=O) groups excluding carboxylic acids is 1. The average molecular weight is 354 g/mol. The molecule has 0 fully saturated rings. The van der Waals surface area contributed by atoms with Gasteiger partial charge in [-0.3, -0.25) is 10.1 Å². The second-order valence-electron chi connectivity index (χ2n) is 6.24. The molecule has 3 aromatic rings. The van der Waals surface area contributed by atoms with Crippen LogP contribution in [0.4, 0.5) is 5.13 Å².